The van der Waals surface area contributed by atoms with Gasteiger partial charge in [-0.3, -0.25) is 9.59 Å². The van der Waals surface area contributed by atoms with E-state index in [4.69, 9.17) is 11.6 Å². The first-order valence-electron chi connectivity index (χ1n) is 4.51. The molecule has 2 aromatic rings. The molecule has 0 aliphatic heterocycles. The zero-order valence-corrected chi connectivity index (χ0v) is 9.10. The monoisotopic (exact) mass is 251 g/mol. The lowest BCUT2D eigenvalue weighted by molar-refractivity contribution is 0.102. The first kappa shape index (κ1) is 11.2. The Morgan fingerprint density at radius 1 is 1.24 bits per heavy atom. The van der Waals surface area contributed by atoms with Gasteiger partial charge in [-0.15, -0.1) is 10.2 Å². The van der Waals surface area contributed by atoms with Crippen LogP contribution < -0.4 is 10.9 Å². The number of carbonyl (C=O) groups is 1. The van der Waals surface area contributed by atoms with Gasteiger partial charge in [0.15, 0.2) is 11.0 Å². The third-order valence-electron chi connectivity index (χ3n) is 1.79. The predicted octanol–water partition coefficient (Wildman–Crippen LogP) is 0.466. The summed E-state index contributed by atoms with van der Waals surface area (Å²) in [4.78, 5) is 22.4. The highest BCUT2D eigenvalue weighted by molar-refractivity contribution is 6.29. The molecule has 1 amide bonds. The summed E-state index contributed by atoms with van der Waals surface area (Å²) < 4.78 is 0. The molecule has 0 aliphatic carbocycles. The van der Waals surface area contributed by atoms with Gasteiger partial charge in [-0.2, -0.15) is 5.10 Å². The first-order chi connectivity index (χ1) is 8.15. The molecule has 0 radical (unpaired) electrons. The Morgan fingerprint density at radius 3 is 2.65 bits per heavy atom. The average Bonchev–Trinajstić information content (AvgIpc) is 2.33. The molecule has 8 heteroatoms. The van der Waals surface area contributed by atoms with Crippen molar-refractivity contribution >= 4 is 23.3 Å². The van der Waals surface area contributed by atoms with Gasteiger partial charge in [0.1, 0.15) is 5.69 Å². The highest BCUT2D eigenvalue weighted by atomic mass is 35.5. The third kappa shape index (κ3) is 2.85. The predicted molar refractivity (Wildman–Crippen MR) is 59.9 cm³/mol. The van der Waals surface area contributed by atoms with Gasteiger partial charge in [0.05, 0.1) is 0 Å². The van der Waals surface area contributed by atoms with Crippen molar-refractivity contribution in [2.45, 2.75) is 0 Å². The maximum absolute atomic E-state index is 11.6. The van der Waals surface area contributed by atoms with E-state index in [1.807, 2.05) is 0 Å². The van der Waals surface area contributed by atoms with Gasteiger partial charge in [-0.1, -0.05) is 11.6 Å². The number of hydrogen-bond acceptors (Lipinski definition) is 5. The van der Waals surface area contributed by atoms with Crippen LogP contribution in [-0.4, -0.2) is 26.3 Å². The standard InChI is InChI=1S/C9H6ClN5O2/c10-6-2-3-7(14-13-6)11-9(17)5-1-4-8(16)15-12-5/h1-4H,(H,15,16)(H,11,14,17). The van der Waals surface area contributed by atoms with Crippen molar-refractivity contribution in [3.8, 4) is 0 Å². The summed E-state index contributed by atoms with van der Waals surface area (Å²) in [5.41, 5.74) is -0.311. The molecule has 86 valence electrons. The number of nitrogens with zero attached hydrogens (tertiary/aromatic N) is 3. The summed E-state index contributed by atoms with van der Waals surface area (Å²) in [7, 11) is 0. The highest BCUT2D eigenvalue weighted by Gasteiger charge is 2.08. The molecule has 2 aromatic heterocycles. The quantitative estimate of drug-likeness (QED) is 0.808. The van der Waals surface area contributed by atoms with E-state index in [0.29, 0.717) is 0 Å². The van der Waals surface area contributed by atoms with Gasteiger partial charge in [-0.05, 0) is 18.2 Å². The Labute approximate surface area is 99.8 Å². The zero-order valence-electron chi connectivity index (χ0n) is 8.35. The molecule has 0 aliphatic rings. The minimum Gasteiger partial charge on any atom is -0.304 e. The van der Waals surface area contributed by atoms with E-state index in [1.54, 1.807) is 0 Å². The number of nitrogens with one attached hydrogen (secondary N) is 2. The lowest BCUT2D eigenvalue weighted by Gasteiger charge is -2.01. The maximum Gasteiger partial charge on any atom is 0.277 e. The van der Waals surface area contributed by atoms with Crippen LogP contribution in [0.1, 0.15) is 10.5 Å². The number of aromatic nitrogens is 4. The van der Waals surface area contributed by atoms with Gasteiger partial charge < -0.3 is 5.32 Å². The van der Waals surface area contributed by atoms with E-state index >= 15 is 0 Å². The normalized spacial score (nSPS) is 9.94. The second kappa shape index (κ2) is 4.71. The van der Waals surface area contributed by atoms with Gasteiger partial charge in [0, 0.05) is 6.07 Å². The lowest BCUT2D eigenvalue weighted by atomic mass is 10.3. The molecular formula is C9H6ClN5O2. The van der Waals surface area contributed by atoms with Crippen LogP contribution in [0.5, 0.6) is 0 Å². The van der Waals surface area contributed by atoms with Gasteiger partial charge >= 0.3 is 0 Å². The van der Waals surface area contributed by atoms with E-state index in [9.17, 15) is 9.59 Å². The summed E-state index contributed by atoms with van der Waals surface area (Å²) in [5, 5.41) is 15.6. The van der Waals surface area contributed by atoms with Crippen molar-refractivity contribution in [1.29, 1.82) is 0 Å². The second-order valence-corrected chi connectivity index (χ2v) is 3.39. The number of hydrogen-bond donors (Lipinski definition) is 2. The minimum atomic E-state index is -0.502. The number of carbonyl (C=O) groups excluding carboxylic acids is 1. The van der Waals surface area contributed by atoms with Crippen LogP contribution in [0.25, 0.3) is 0 Å². The number of anilines is 1. The van der Waals surface area contributed by atoms with Gasteiger partial charge in [0.25, 0.3) is 11.5 Å². The third-order valence-corrected chi connectivity index (χ3v) is 1.99. The fraction of sp³-hybridized carbons (Fsp3) is 0. The van der Waals surface area contributed by atoms with E-state index < -0.39 is 5.91 Å². The topological polar surface area (TPSA) is 101 Å². The number of halogens is 1. The van der Waals surface area contributed by atoms with Crippen molar-refractivity contribution in [3.05, 3.63) is 45.5 Å². The van der Waals surface area contributed by atoms with Crippen LogP contribution in [0.2, 0.25) is 5.15 Å². The Bertz CT molecular complexity index is 575. The molecule has 0 saturated heterocycles. The van der Waals surface area contributed by atoms with E-state index in [0.717, 1.165) is 0 Å². The maximum atomic E-state index is 11.6. The molecule has 7 nitrogen and oxygen atoms in total. The molecule has 2 heterocycles. The highest BCUT2D eigenvalue weighted by Crippen LogP contribution is 2.06. The fourth-order valence-corrected chi connectivity index (χ4v) is 1.13. The number of aromatic amines is 1. The van der Waals surface area contributed by atoms with Gasteiger partial charge in [-0.25, -0.2) is 5.10 Å². The summed E-state index contributed by atoms with van der Waals surface area (Å²) in [6.07, 6.45) is 0. The average molecular weight is 252 g/mol. The molecule has 0 saturated carbocycles. The molecule has 0 fully saturated rings. The molecule has 0 bridgehead atoms. The van der Waals surface area contributed by atoms with Crippen molar-refractivity contribution in [1.82, 2.24) is 20.4 Å². The summed E-state index contributed by atoms with van der Waals surface area (Å²) in [6.45, 7) is 0. The minimum absolute atomic E-state index is 0.0707. The van der Waals surface area contributed by atoms with E-state index in [-0.39, 0.29) is 22.2 Å². The number of rotatable bonds is 2. The van der Waals surface area contributed by atoms with Crippen molar-refractivity contribution < 1.29 is 4.79 Å². The van der Waals surface area contributed by atoms with Gasteiger partial charge in [0.2, 0.25) is 0 Å². The molecule has 0 spiro atoms. The van der Waals surface area contributed by atoms with Crippen molar-refractivity contribution in [2.75, 3.05) is 5.32 Å². The van der Waals surface area contributed by atoms with Crippen LogP contribution in [-0.2, 0) is 0 Å². The Hall–Kier alpha value is -2.28. The molecule has 2 N–H and O–H groups in total. The largest absolute Gasteiger partial charge is 0.304 e. The van der Waals surface area contributed by atoms with E-state index in [2.05, 4.69) is 25.7 Å². The number of amides is 1. The summed E-state index contributed by atoms with van der Waals surface area (Å²) in [6, 6.07) is 5.50. The second-order valence-electron chi connectivity index (χ2n) is 3.00. The van der Waals surface area contributed by atoms with Crippen LogP contribution in [0.3, 0.4) is 0 Å². The number of H-pyrrole nitrogens is 1. The molecular weight excluding hydrogens is 246 g/mol. The Kier molecular flexibility index (Phi) is 3.10. The fourth-order valence-electron chi connectivity index (χ4n) is 1.03. The van der Waals surface area contributed by atoms with Crippen molar-refractivity contribution in [2.24, 2.45) is 0 Å². The molecule has 2 rings (SSSR count). The zero-order chi connectivity index (χ0) is 12.3. The van der Waals surface area contributed by atoms with Crippen LogP contribution >= 0.6 is 11.6 Å². The molecule has 0 atom stereocenters. The van der Waals surface area contributed by atoms with Crippen LogP contribution in [0.4, 0.5) is 5.82 Å². The Balaban J connectivity index is 2.14. The smallest absolute Gasteiger partial charge is 0.277 e. The lowest BCUT2D eigenvalue weighted by Crippen LogP contribution is -2.18. The molecule has 17 heavy (non-hydrogen) atoms. The molecule has 0 aromatic carbocycles. The van der Waals surface area contributed by atoms with Crippen LogP contribution in [0.15, 0.2) is 29.1 Å². The Morgan fingerprint density at radius 2 is 2.06 bits per heavy atom. The summed E-state index contributed by atoms with van der Waals surface area (Å²) in [5.74, 6) is -0.259. The first-order valence-corrected chi connectivity index (χ1v) is 4.89. The van der Waals surface area contributed by atoms with Crippen LogP contribution in [0, 0.1) is 0 Å². The summed E-state index contributed by atoms with van der Waals surface area (Å²) >= 11 is 5.54. The van der Waals surface area contributed by atoms with E-state index in [1.165, 1.54) is 24.3 Å². The molecule has 0 unspecified atom stereocenters. The van der Waals surface area contributed by atoms with Crippen molar-refractivity contribution in [3.63, 3.8) is 0 Å². The SMILES string of the molecule is O=C(Nc1ccc(Cl)nn1)c1ccc(=O)[nH]n1.